The van der Waals surface area contributed by atoms with E-state index < -0.39 is 91.5 Å². The molecule has 0 bridgehead atoms. The highest BCUT2D eigenvalue weighted by atomic mass is 31.2. The summed E-state index contributed by atoms with van der Waals surface area (Å²) in [5, 5.41) is 20.6. The van der Waals surface area contributed by atoms with Crippen molar-refractivity contribution in [3.05, 3.63) is 72.9 Å². The molecule has 0 saturated heterocycles. The smallest absolute Gasteiger partial charge is 0.463 e. The second-order valence-corrected chi connectivity index (χ2v) is 27.3. The van der Waals surface area contributed by atoms with E-state index >= 15 is 0 Å². The number of phosphoric ester groups is 2. The number of aliphatic hydroxyl groups excluding tert-OH is 2. The summed E-state index contributed by atoms with van der Waals surface area (Å²) in [5.41, 5.74) is 0. The minimum Gasteiger partial charge on any atom is -0.463 e. The minimum atomic E-state index is -4.92. The lowest BCUT2D eigenvalue weighted by Crippen LogP contribution is -2.30. The van der Waals surface area contributed by atoms with Crippen LogP contribution in [0.15, 0.2) is 72.9 Å². The Balaban J connectivity index is 4.39. The Morgan fingerprint density at radius 3 is 0.890 bits per heavy atom. The van der Waals surface area contributed by atoms with Gasteiger partial charge in [0, 0.05) is 19.3 Å². The summed E-state index contributed by atoms with van der Waals surface area (Å²) in [7, 11) is -9.76. The molecule has 0 rings (SSSR count). The zero-order valence-corrected chi connectivity index (χ0v) is 59.3. The van der Waals surface area contributed by atoms with Crippen molar-refractivity contribution < 1.29 is 75.8 Å². The molecule has 0 fully saturated rings. The van der Waals surface area contributed by atoms with Crippen molar-refractivity contribution in [2.45, 2.75) is 334 Å². The fourth-order valence-electron chi connectivity index (χ4n) is 9.82. The third kappa shape index (κ3) is 68.2. The van der Waals surface area contributed by atoms with E-state index in [0.29, 0.717) is 19.3 Å². The maximum Gasteiger partial charge on any atom is 0.472 e. The predicted octanol–water partition coefficient (Wildman–Crippen LogP) is 20.3. The second-order valence-electron chi connectivity index (χ2n) is 24.4. The Kier molecular flexibility index (Phi) is 64.8. The Labute approximate surface area is 553 Å². The maximum atomic E-state index is 12.9. The van der Waals surface area contributed by atoms with Crippen LogP contribution in [0, 0.1) is 0 Å². The molecule has 530 valence electrons. The molecular formula is C73H132O16P2. The van der Waals surface area contributed by atoms with Gasteiger partial charge < -0.3 is 34.2 Å². The first kappa shape index (κ1) is 88.0. The topological polar surface area (TPSA) is 231 Å². The quantitative estimate of drug-likeness (QED) is 0.0146. The number of hydrogen-bond acceptors (Lipinski definition) is 14. The third-order valence-corrected chi connectivity index (χ3v) is 17.3. The van der Waals surface area contributed by atoms with Gasteiger partial charge in [-0.2, -0.15) is 0 Å². The lowest BCUT2D eigenvalue weighted by atomic mass is 10.0. The second kappa shape index (κ2) is 67.0. The van der Waals surface area contributed by atoms with Crippen molar-refractivity contribution >= 4 is 33.6 Å². The molecule has 0 heterocycles. The number of aliphatic hydroxyl groups is 2. The normalized spacial score (nSPS) is 14.6. The summed E-state index contributed by atoms with van der Waals surface area (Å²) in [4.78, 5) is 58.3. The van der Waals surface area contributed by atoms with Crippen LogP contribution in [0.3, 0.4) is 0 Å². The predicted molar refractivity (Wildman–Crippen MR) is 372 cm³/mol. The van der Waals surface area contributed by atoms with Crippen LogP contribution < -0.4 is 0 Å². The Bertz CT molecular complexity index is 1950. The summed E-state index contributed by atoms with van der Waals surface area (Å²) in [5.74, 6) is -1.58. The third-order valence-electron chi connectivity index (χ3n) is 15.4. The first-order valence-electron chi connectivity index (χ1n) is 36.2. The van der Waals surface area contributed by atoms with E-state index in [1.54, 1.807) is 0 Å². The lowest BCUT2D eigenvalue weighted by molar-refractivity contribution is -0.161. The van der Waals surface area contributed by atoms with Crippen LogP contribution in [0.1, 0.15) is 316 Å². The Hall–Kier alpha value is -3.01. The molecule has 0 spiro atoms. The van der Waals surface area contributed by atoms with Gasteiger partial charge in [-0.15, -0.1) is 0 Å². The molecule has 0 saturated carbocycles. The summed E-state index contributed by atoms with van der Waals surface area (Å²) < 4.78 is 60.8. The van der Waals surface area contributed by atoms with Gasteiger partial charge in [0.05, 0.1) is 26.4 Å². The van der Waals surface area contributed by atoms with Gasteiger partial charge in [-0.1, -0.05) is 273 Å². The van der Waals surface area contributed by atoms with Gasteiger partial charge >= 0.3 is 33.6 Å². The molecule has 18 heteroatoms. The maximum absolute atomic E-state index is 12.9. The fraction of sp³-hybridized carbons (Fsp3) is 0.795. The van der Waals surface area contributed by atoms with Gasteiger partial charge in [0.2, 0.25) is 0 Å². The van der Waals surface area contributed by atoms with Crippen molar-refractivity contribution in [3.63, 3.8) is 0 Å². The molecule has 5 unspecified atom stereocenters. The molecule has 0 aromatic rings. The fourth-order valence-corrected chi connectivity index (χ4v) is 11.4. The summed E-state index contributed by atoms with van der Waals surface area (Å²) in [6.45, 7) is 2.62. The van der Waals surface area contributed by atoms with E-state index in [-0.39, 0.29) is 19.3 Å². The van der Waals surface area contributed by atoms with E-state index in [9.17, 15) is 43.5 Å². The molecule has 0 aromatic carbocycles. The van der Waals surface area contributed by atoms with Crippen molar-refractivity contribution in [1.82, 2.24) is 0 Å². The molecule has 0 aliphatic rings. The molecule has 0 aromatic heterocycles. The molecule has 0 aliphatic carbocycles. The van der Waals surface area contributed by atoms with E-state index in [1.807, 2.05) is 0 Å². The average molecular weight is 1330 g/mol. The first-order valence-corrected chi connectivity index (χ1v) is 39.2. The molecule has 5 atom stereocenters. The van der Waals surface area contributed by atoms with E-state index in [2.05, 4.69) is 93.7 Å². The van der Waals surface area contributed by atoms with Crippen molar-refractivity contribution in [2.75, 3.05) is 39.6 Å². The number of carbonyl (C=O) groups excluding carboxylic acids is 3. The van der Waals surface area contributed by atoms with E-state index in [4.69, 9.17) is 32.3 Å². The summed E-state index contributed by atoms with van der Waals surface area (Å²) in [6.07, 6.45) is 71.1. The number of esters is 3. The highest BCUT2D eigenvalue weighted by Crippen LogP contribution is 2.45. The van der Waals surface area contributed by atoms with E-state index in [1.165, 1.54) is 141 Å². The molecule has 16 nitrogen and oxygen atoms in total. The minimum absolute atomic E-state index is 0.106. The van der Waals surface area contributed by atoms with Gasteiger partial charge in [0.15, 0.2) is 6.10 Å². The SMILES string of the molecule is CCCCC/C=C\C/C=C\C/C=C\C/C=C\CCCCCCCCCCCCCCCC(=O)OCC(O)COP(=O)(O)OCC(O)COP(=O)(O)OCC(COC(=O)CCCCCCC/C=C\C/C=C\CCCCC)OC(=O)CCCCCCCCCCCCC. The van der Waals surface area contributed by atoms with Gasteiger partial charge in [-0.05, 0) is 96.3 Å². The van der Waals surface area contributed by atoms with Gasteiger partial charge in [-0.25, -0.2) is 9.13 Å². The molecule has 91 heavy (non-hydrogen) atoms. The standard InChI is InChI=1S/C73H132O16P2/c1-4-7-10-13-16-19-22-24-26-27-28-29-30-31-32-33-34-35-36-37-38-39-41-43-45-47-50-53-56-59-71(76)83-62-68(74)63-85-90(79,80)86-64-69(75)65-87-91(81,82)88-67-70(89-73(78)61-58-55-52-49-44-21-18-15-12-9-6-3)66-84-72(77)60-57-54-51-48-46-42-40-25-23-20-17-14-11-8-5-2/h16-17,19-20,24-26,28-29,31-32,40,68-70,74-75H,4-15,18,21-23,27,30,33-39,41-67H2,1-3H3,(H,79,80)(H,81,82)/b19-16-,20-17-,26-24-,29-28-,32-31-,40-25-. The molecule has 4 N–H and O–H groups in total. The Morgan fingerprint density at radius 1 is 0.308 bits per heavy atom. The van der Waals surface area contributed by atoms with E-state index in [0.717, 1.165) is 116 Å². The average Bonchev–Trinajstić information content (AvgIpc) is 3.72. The van der Waals surface area contributed by atoms with Gasteiger partial charge in [0.25, 0.3) is 0 Å². The largest absolute Gasteiger partial charge is 0.472 e. The number of ether oxygens (including phenoxy) is 3. The number of rotatable bonds is 69. The van der Waals surface area contributed by atoms with Crippen LogP contribution in [0.5, 0.6) is 0 Å². The number of allylic oxidation sites excluding steroid dienone is 12. The molecule has 0 aliphatic heterocycles. The van der Waals surface area contributed by atoms with Crippen LogP contribution in [-0.2, 0) is 55.8 Å². The monoisotopic (exact) mass is 1330 g/mol. The van der Waals surface area contributed by atoms with Gasteiger partial charge in [0.1, 0.15) is 25.4 Å². The van der Waals surface area contributed by atoms with Crippen molar-refractivity contribution in [2.24, 2.45) is 0 Å². The van der Waals surface area contributed by atoms with Crippen molar-refractivity contribution in [3.8, 4) is 0 Å². The van der Waals surface area contributed by atoms with Crippen LogP contribution in [0.4, 0.5) is 0 Å². The zero-order chi connectivity index (χ0) is 66.7. The van der Waals surface area contributed by atoms with Crippen molar-refractivity contribution in [1.29, 1.82) is 0 Å². The number of phosphoric acid groups is 2. The van der Waals surface area contributed by atoms with Crippen LogP contribution in [0.25, 0.3) is 0 Å². The summed E-state index contributed by atoms with van der Waals surface area (Å²) in [6, 6.07) is 0. The first-order chi connectivity index (χ1) is 44.2. The highest BCUT2D eigenvalue weighted by Gasteiger charge is 2.29. The summed E-state index contributed by atoms with van der Waals surface area (Å²) >= 11 is 0. The zero-order valence-electron chi connectivity index (χ0n) is 57.5. The van der Waals surface area contributed by atoms with Crippen LogP contribution >= 0.6 is 15.6 Å². The molecular weight excluding hydrogens is 1190 g/mol. The van der Waals surface area contributed by atoms with Crippen LogP contribution in [0.2, 0.25) is 0 Å². The number of unbranched alkanes of at least 4 members (excludes halogenated alkanes) is 34. The van der Waals surface area contributed by atoms with Crippen LogP contribution in [-0.4, -0.2) is 95.9 Å². The number of carbonyl (C=O) groups is 3. The molecule has 0 amide bonds. The number of hydrogen-bond donors (Lipinski definition) is 4. The lowest BCUT2D eigenvalue weighted by Gasteiger charge is -2.21. The highest BCUT2D eigenvalue weighted by molar-refractivity contribution is 7.47. The Morgan fingerprint density at radius 2 is 0.549 bits per heavy atom. The van der Waals surface area contributed by atoms with Gasteiger partial charge in [-0.3, -0.25) is 32.5 Å². The molecule has 0 radical (unpaired) electrons.